The van der Waals surface area contributed by atoms with E-state index in [2.05, 4.69) is 5.10 Å². The molecule has 0 amide bonds. The number of hydrogen-bond acceptors (Lipinski definition) is 4. The van der Waals surface area contributed by atoms with Crippen molar-refractivity contribution in [3.05, 3.63) is 64.2 Å². The van der Waals surface area contributed by atoms with E-state index in [1.807, 2.05) is 0 Å². The molecule has 1 saturated heterocycles. The summed E-state index contributed by atoms with van der Waals surface area (Å²) < 4.78 is 69.5. The van der Waals surface area contributed by atoms with Crippen LogP contribution >= 0.6 is 11.6 Å². The number of anilines is 1. The van der Waals surface area contributed by atoms with E-state index in [0.29, 0.717) is 9.70 Å². The first-order chi connectivity index (χ1) is 15.6. The molecule has 3 aromatic rings. The van der Waals surface area contributed by atoms with E-state index in [0.717, 1.165) is 14.2 Å². The number of aromatic nitrogens is 3. The van der Waals surface area contributed by atoms with Crippen LogP contribution in [-0.2, 0) is 6.50 Å². The summed E-state index contributed by atoms with van der Waals surface area (Å²) in [6.07, 6.45) is 0.539. The summed E-state index contributed by atoms with van der Waals surface area (Å²) in [5, 5.41) is 4.27. The van der Waals surface area contributed by atoms with Gasteiger partial charge < -0.3 is 4.90 Å². The summed E-state index contributed by atoms with van der Waals surface area (Å²) in [6, 6.07) is 10.8. The highest BCUT2D eigenvalue weighted by Crippen LogP contribution is 2.20. The summed E-state index contributed by atoms with van der Waals surface area (Å²) in [7, 11) is 0. The van der Waals surface area contributed by atoms with Crippen LogP contribution < -0.4 is 10.6 Å². The summed E-state index contributed by atoms with van der Waals surface area (Å²) in [5.74, 6) is 0. The summed E-state index contributed by atoms with van der Waals surface area (Å²) in [5.41, 5.74) is -0.387. The van der Waals surface area contributed by atoms with Crippen molar-refractivity contribution >= 4 is 22.9 Å². The van der Waals surface area contributed by atoms with Gasteiger partial charge in [-0.15, -0.1) is 5.10 Å². The Kier molecular flexibility index (Phi) is 2.93. The normalized spacial score (nSPS) is 25.2. The minimum Gasteiger partial charge on any atom is -0.369 e. The molecule has 0 aliphatic carbocycles. The predicted molar refractivity (Wildman–Crippen MR) is 104 cm³/mol. The molecular weight excluding hydrogens is 350 g/mol. The van der Waals surface area contributed by atoms with Crippen molar-refractivity contribution < 1.29 is 11.0 Å². The van der Waals surface area contributed by atoms with Crippen molar-refractivity contribution in [3.8, 4) is 0 Å². The summed E-state index contributed by atoms with van der Waals surface area (Å²) >= 11 is 6.01. The Morgan fingerprint density at radius 2 is 2.00 bits per heavy atom. The first-order valence-electron chi connectivity index (χ1n) is 12.0. The molecule has 7 heteroatoms. The zero-order valence-electron chi connectivity index (χ0n) is 21.8. The molecule has 1 aliphatic rings. The Labute approximate surface area is 168 Å². The number of hydrogen-bond donors (Lipinski definition) is 0. The first kappa shape index (κ1) is 10.1. The molecule has 0 N–H and O–H groups in total. The van der Waals surface area contributed by atoms with Crippen molar-refractivity contribution in [1.82, 2.24) is 19.1 Å². The van der Waals surface area contributed by atoms with E-state index in [1.165, 1.54) is 24.4 Å². The number of rotatable bonds is 5. The molecule has 0 radical (unpaired) electrons. The molecule has 0 spiro atoms. The molecule has 0 unspecified atom stereocenters. The van der Waals surface area contributed by atoms with E-state index in [-0.39, 0.29) is 11.3 Å². The number of pyridine rings is 1. The van der Waals surface area contributed by atoms with Gasteiger partial charge in [0, 0.05) is 58.7 Å². The highest BCUT2D eigenvalue weighted by Gasteiger charge is 2.17. The lowest BCUT2D eigenvalue weighted by Gasteiger charge is -2.36. The maximum absolute atomic E-state index is 12.6. The average Bonchev–Trinajstić information content (AvgIpc) is 3.03. The smallest absolute Gasteiger partial charge is 0.350 e. The Morgan fingerprint density at radius 3 is 2.77 bits per heavy atom. The Morgan fingerprint density at radius 1 is 1.15 bits per heavy atom. The number of halogens is 1. The monoisotopic (exact) mass is 379 g/mol. The van der Waals surface area contributed by atoms with Crippen molar-refractivity contribution in [2.45, 2.75) is 12.9 Å². The highest BCUT2D eigenvalue weighted by atomic mass is 35.5. The molecule has 0 atom stereocenters. The van der Waals surface area contributed by atoms with Gasteiger partial charge in [-0.3, -0.25) is 9.30 Å². The molecule has 4 rings (SSSR count). The molecule has 3 heterocycles. The Balaban J connectivity index is 1.63. The molecular formula is C19H22ClN5O. The summed E-state index contributed by atoms with van der Waals surface area (Å²) in [4.78, 5) is 14.5. The minimum atomic E-state index is -2.57. The number of nitrogens with zero attached hydrogens (tertiary/aromatic N) is 5. The number of aryl methyl sites for hydroxylation is 1. The maximum atomic E-state index is 12.6. The van der Waals surface area contributed by atoms with Crippen molar-refractivity contribution in [1.29, 1.82) is 0 Å². The predicted octanol–water partition coefficient (Wildman–Crippen LogP) is 2.36. The second kappa shape index (κ2) is 7.51. The van der Waals surface area contributed by atoms with Crippen molar-refractivity contribution in [2.24, 2.45) is 0 Å². The largest absolute Gasteiger partial charge is 0.369 e. The standard InChI is InChI=1S/C19H22ClN5O/c20-16-5-3-6-17(15-16)23-13-11-22(12-14-23)8-4-10-25-19(26)24-9-2-1-7-18(24)21-25/h1-3,5-7,9,15H,4,8,10-14H2/i8D2,10D2,13D2,14D2. The van der Waals surface area contributed by atoms with E-state index >= 15 is 0 Å². The number of fused-ring (bicyclic) bond motifs is 1. The molecule has 136 valence electrons. The first-order valence-corrected chi connectivity index (χ1v) is 8.40. The van der Waals surface area contributed by atoms with Crippen molar-refractivity contribution in [2.75, 3.05) is 37.5 Å². The fourth-order valence-corrected chi connectivity index (χ4v) is 2.77. The third kappa shape index (κ3) is 3.61. The molecule has 0 bridgehead atoms. The van der Waals surface area contributed by atoms with Gasteiger partial charge in [0.1, 0.15) is 0 Å². The van der Waals surface area contributed by atoms with Crippen LogP contribution in [0.2, 0.25) is 5.02 Å². The molecule has 0 saturated carbocycles. The molecule has 6 nitrogen and oxygen atoms in total. The van der Waals surface area contributed by atoms with E-state index in [4.69, 9.17) is 22.6 Å². The zero-order valence-corrected chi connectivity index (χ0v) is 14.5. The Hall–Kier alpha value is -2.31. The Bertz CT molecular complexity index is 1260. The third-order valence-corrected chi connectivity index (χ3v) is 4.10. The minimum absolute atomic E-state index is 0.194. The maximum Gasteiger partial charge on any atom is 0.350 e. The number of piperazine rings is 1. The van der Waals surface area contributed by atoms with Crippen LogP contribution in [-0.4, -0.2) is 51.7 Å². The molecule has 1 fully saturated rings. The van der Waals surface area contributed by atoms with Crippen LogP contribution in [0.15, 0.2) is 53.5 Å². The van der Waals surface area contributed by atoms with Gasteiger partial charge in [0.15, 0.2) is 5.65 Å². The molecule has 26 heavy (non-hydrogen) atoms. The van der Waals surface area contributed by atoms with Gasteiger partial charge in [-0.25, -0.2) is 9.48 Å². The molecule has 2 aromatic heterocycles. The summed E-state index contributed by atoms with van der Waals surface area (Å²) in [6.45, 7) is -10.9. The number of benzene rings is 1. The van der Waals surface area contributed by atoms with Crippen LogP contribution in [0.3, 0.4) is 0 Å². The van der Waals surface area contributed by atoms with Gasteiger partial charge in [0.25, 0.3) is 0 Å². The second-order valence-corrected chi connectivity index (χ2v) is 6.04. The van der Waals surface area contributed by atoms with Gasteiger partial charge >= 0.3 is 5.69 Å². The fraction of sp³-hybridized carbons (Fsp3) is 0.368. The van der Waals surface area contributed by atoms with Crippen LogP contribution in [0.25, 0.3) is 5.65 Å². The van der Waals surface area contributed by atoms with Gasteiger partial charge in [-0.05, 0) is 36.8 Å². The van der Waals surface area contributed by atoms with Crippen LogP contribution in [0.1, 0.15) is 17.4 Å². The van der Waals surface area contributed by atoms with E-state index in [1.54, 1.807) is 24.3 Å². The zero-order chi connectivity index (χ0) is 25.1. The topological polar surface area (TPSA) is 45.8 Å². The van der Waals surface area contributed by atoms with Gasteiger partial charge in [-0.2, -0.15) is 0 Å². The van der Waals surface area contributed by atoms with Crippen LogP contribution in [0, 0.1) is 0 Å². The fourth-order valence-electron chi connectivity index (χ4n) is 2.58. The average molecular weight is 380 g/mol. The second-order valence-electron chi connectivity index (χ2n) is 5.60. The lowest BCUT2D eigenvalue weighted by molar-refractivity contribution is 0.248. The van der Waals surface area contributed by atoms with Crippen LogP contribution in [0.5, 0.6) is 0 Å². The lowest BCUT2D eigenvalue weighted by Crippen LogP contribution is -2.46. The quantitative estimate of drug-likeness (QED) is 0.682. The molecule has 1 aliphatic heterocycles. The van der Waals surface area contributed by atoms with Gasteiger partial charge in [0.05, 0.1) is 8.22 Å². The molecule has 1 aromatic carbocycles. The van der Waals surface area contributed by atoms with E-state index in [9.17, 15) is 4.79 Å². The highest BCUT2D eigenvalue weighted by molar-refractivity contribution is 6.30. The lowest BCUT2D eigenvalue weighted by atomic mass is 10.2. The van der Waals surface area contributed by atoms with Gasteiger partial charge in [-0.1, -0.05) is 23.7 Å². The van der Waals surface area contributed by atoms with Crippen molar-refractivity contribution in [3.63, 3.8) is 0 Å². The van der Waals surface area contributed by atoms with E-state index < -0.39 is 51.2 Å². The third-order valence-electron chi connectivity index (χ3n) is 3.87. The van der Waals surface area contributed by atoms with Crippen LogP contribution in [0.4, 0.5) is 5.69 Å². The van der Waals surface area contributed by atoms with Gasteiger partial charge in [0.2, 0.25) is 0 Å². The SMILES string of the molecule is [2H]C([2H])(CC([2H])([2H])n1nc2ccccn2c1=O)N1CC([2H])([2H])N(c2cccc(Cl)c2)C([2H])([2H])C1.